The Kier molecular flexibility index (Phi) is 2.95. The fourth-order valence-corrected chi connectivity index (χ4v) is 3.01. The van der Waals surface area contributed by atoms with Crippen molar-refractivity contribution in [2.24, 2.45) is 0 Å². The van der Waals surface area contributed by atoms with Gasteiger partial charge in [-0.25, -0.2) is 4.79 Å². The third-order valence-electron chi connectivity index (χ3n) is 3.89. The van der Waals surface area contributed by atoms with Gasteiger partial charge < -0.3 is 14.8 Å². The van der Waals surface area contributed by atoms with Gasteiger partial charge in [0.25, 0.3) is 6.01 Å². The Balaban J connectivity index is 1.66. The van der Waals surface area contributed by atoms with Crippen LogP contribution in [-0.2, 0) is 0 Å². The zero-order valence-electron chi connectivity index (χ0n) is 10.1. The lowest BCUT2D eigenvalue weighted by atomic mass is 9.99. The van der Waals surface area contributed by atoms with Crippen LogP contribution in [0.1, 0.15) is 36.2 Å². The van der Waals surface area contributed by atoms with Crippen LogP contribution in [0.4, 0.5) is 6.01 Å². The van der Waals surface area contributed by atoms with Crippen molar-refractivity contribution in [1.82, 2.24) is 9.88 Å². The van der Waals surface area contributed by atoms with E-state index in [1.165, 1.54) is 32.1 Å². The molecule has 0 spiro atoms. The van der Waals surface area contributed by atoms with Crippen molar-refractivity contribution in [1.29, 1.82) is 0 Å². The number of aromatic carboxylic acids is 1. The first-order valence-electron chi connectivity index (χ1n) is 6.43. The molecule has 0 saturated carbocycles. The number of anilines is 1. The Hall–Kier alpha value is -1.56. The Morgan fingerprint density at radius 2 is 2.33 bits per heavy atom. The van der Waals surface area contributed by atoms with Crippen molar-refractivity contribution >= 4 is 12.0 Å². The van der Waals surface area contributed by atoms with E-state index in [9.17, 15) is 4.79 Å². The van der Waals surface area contributed by atoms with Crippen molar-refractivity contribution in [2.45, 2.75) is 37.8 Å². The molecule has 2 unspecified atom stereocenters. The SMILES string of the molecule is O=C(O)c1coc(NC2CCN3CCCCC23)n1. The molecule has 1 aromatic rings. The molecule has 3 rings (SSSR count). The summed E-state index contributed by atoms with van der Waals surface area (Å²) in [6.07, 6.45) is 5.99. The number of carboxylic acid groups (broad SMARTS) is 1. The highest BCUT2D eigenvalue weighted by molar-refractivity contribution is 5.85. The van der Waals surface area contributed by atoms with Crippen LogP contribution in [0.5, 0.6) is 0 Å². The van der Waals surface area contributed by atoms with E-state index in [1.54, 1.807) is 0 Å². The first kappa shape index (κ1) is 11.5. The minimum atomic E-state index is -1.06. The topological polar surface area (TPSA) is 78.6 Å². The van der Waals surface area contributed by atoms with Crippen LogP contribution in [0.3, 0.4) is 0 Å². The minimum Gasteiger partial charge on any atom is -0.476 e. The third kappa shape index (κ3) is 2.08. The summed E-state index contributed by atoms with van der Waals surface area (Å²) >= 11 is 0. The second-order valence-electron chi connectivity index (χ2n) is 4.98. The number of nitrogens with one attached hydrogen (secondary N) is 1. The van der Waals surface area contributed by atoms with E-state index < -0.39 is 5.97 Å². The lowest BCUT2D eigenvalue weighted by Crippen LogP contribution is -2.41. The number of hydrogen-bond acceptors (Lipinski definition) is 5. The highest BCUT2D eigenvalue weighted by Gasteiger charge is 2.36. The summed E-state index contributed by atoms with van der Waals surface area (Å²) in [5.41, 5.74) is -0.0454. The normalized spacial score (nSPS) is 28.0. The lowest BCUT2D eigenvalue weighted by Gasteiger charge is -2.32. The monoisotopic (exact) mass is 251 g/mol. The molecule has 0 amide bonds. The van der Waals surface area contributed by atoms with Crippen LogP contribution >= 0.6 is 0 Å². The molecule has 2 fully saturated rings. The number of fused-ring (bicyclic) bond motifs is 1. The number of carboxylic acids is 1. The van der Waals surface area contributed by atoms with Crippen molar-refractivity contribution in [3.63, 3.8) is 0 Å². The Morgan fingerprint density at radius 3 is 3.11 bits per heavy atom. The van der Waals surface area contributed by atoms with Crippen LogP contribution in [0.2, 0.25) is 0 Å². The van der Waals surface area contributed by atoms with E-state index in [2.05, 4.69) is 15.2 Å². The van der Waals surface area contributed by atoms with E-state index in [0.29, 0.717) is 18.1 Å². The molecule has 18 heavy (non-hydrogen) atoms. The third-order valence-corrected chi connectivity index (χ3v) is 3.89. The van der Waals surface area contributed by atoms with E-state index in [-0.39, 0.29) is 5.69 Å². The molecule has 2 aliphatic rings. The van der Waals surface area contributed by atoms with Crippen LogP contribution in [0.25, 0.3) is 0 Å². The molecule has 2 aliphatic heterocycles. The maximum Gasteiger partial charge on any atom is 0.357 e. The molecule has 0 aliphatic carbocycles. The molecule has 6 heteroatoms. The van der Waals surface area contributed by atoms with Gasteiger partial charge >= 0.3 is 5.97 Å². The average molecular weight is 251 g/mol. The van der Waals surface area contributed by atoms with Crippen molar-refractivity contribution in [3.05, 3.63) is 12.0 Å². The van der Waals surface area contributed by atoms with Gasteiger partial charge in [-0.2, -0.15) is 4.98 Å². The molecular weight excluding hydrogens is 234 g/mol. The van der Waals surface area contributed by atoms with Crippen molar-refractivity contribution < 1.29 is 14.3 Å². The highest BCUT2D eigenvalue weighted by atomic mass is 16.4. The molecule has 98 valence electrons. The van der Waals surface area contributed by atoms with Gasteiger partial charge in [0.15, 0.2) is 5.69 Å². The summed E-state index contributed by atoms with van der Waals surface area (Å²) < 4.78 is 5.15. The molecule has 0 radical (unpaired) electrons. The molecule has 2 saturated heterocycles. The Labute approximate surface area is 105 Å². The van der Waals surface area contributed by atoms with Gasteiger partial charge in [0.2, 0.25) is 0 Å². The quantitative estimate of drug-likeness (QED) is 0.845. The molecule has 2 N–H and O–H groups in total. The smallest absolute Gasteiger partial charge is 0.357 e. The number of oxazole rings is 1. The number of nitrogens with zero attached hydrogens (tertiary/aromatic N) is 2. The Morgan fingerprint density at radius 1 is 1.44 bits per heavy atom. The molecular formula is C12H17N3O3. The number of piperidine rings is 1. The summed E-state index contributed by atoms with van der Waals surface area (Å²) in [4.78, 5) is 17.1. The highest BCUT2D eigenvalue weighted by Crippen LogP contribution is 2.29. The number of rotatable bonds is 3. The maximum absolute atomic E-state index is 10.7. The van der Waals surface area contributed by atoms with E-state index >= 15 is 0 Å². The summed E-state index contributed by atoms with van der Waals surface area (Å²) in [5, 5.41) is 12.0. The van der Waals surface area contributed by atoms with Gasteiger partial charge in [0.1, 0.15) is 6.26 Å². The molecule has 6 nitrogen and oxygen atoms in total. The fraction of sp³-hybridized carbons (Fsp3) is 0.667. The van der Waals surface area contributed by atoms with Crippen molar-refractivity contribution in [3.8, 4) is 0 Å². The van der Waals surface area contributed by atoms with E-state index in [0.717, 1.165) is 13.0 Å². The maximum atomic E-state index is 10.7. The van der Waals surface area contributed by atoms with Crippen LogP contribution in [0, 0.1) is 0 Å². The van der Waals surface area contributed by atoms with Gasteiger partial charge in [0.05, 0.1) is 0 Å². The molecule has 3 heterocycles. The predicted octanol–water partition coefficient (Wildman–Crippen LogP) is 1.41. The Bertz CT molecular complexity index is 446. The van der Waals surface area contributed by atoms with E-state index in [4.69, 9.17) is 9.52 Å². The molecule has 1 aromatic heterocycles. The van der Waals surface area contributed by atoms with Crippen LogP contribution in [0.15, 0.2) is 10.7 Å². The largest absolute Gasteiger partial charge is 0.476 e. The number of aromatic nitrogens is 1. The average Bonchev–Trinajstić information content (AvgIpc) is 2.98. The van der Waals surface area contributed by atoms with Gasteiger partial charge in [-0.15, -0.1) is 0 Å². The van der Waals surface area contributed by atoms with Gasteiger partial charge in [0, 0.05) is 18.6 Å². The zero-order valence-corrected chi connectivity index (χ0v) is 10.1. The molecule has 2 atom stereocenters. The lowest BCUT2D eigenvalue weighted by molar-refractivity contribution is 0.0690. The fourth-order valence-electron chi connectivity index (χ4n) is 3.01. The minimum absolute atomic E-state index is 0.0454. The first-order valence-corrected chi connectivity index (χ1v) is 6.43. The summed E-state index contributed by atoms with van der Waals surface area (Å²) in [5.74, 6) is -1.06. The molecule has 0 bridgehead atoms. The van der Waals surface area contributed by atoms with Gasteiger partial charge in [-0.05, 0) is 25.8 Å². The summed E-state index contributed by atoms with van der Waals surface area (Å²) in [6.45, 7) is 2.28. The standard InChI is InChI=1S/C12H17N3O3/c16-11(17)9-7-18-12(14-9)13-8-4-6-15-5-2-1-3-10(8)15/h7-8,10H,1-6H2,(H,13,14)(H,16,17). The number of carbonyl (C=O) groups is 1. The second kappa shape index (κ2) is 4.61. The number of hydrogen-bond donors (Lipinski definition) is 2. The second-order valence-corrected chi connectivity index (χ2v) is 4.98. The van der Waals surface area contributed by atoms with Gasteiger partial charge in [-0.3, -0.25) is 4.90 Å². The zero-order chi connectivity index (χ0) is 12.5. The van der Waals surface area contributed by atoms with Gasteiger partial charge in [-0.1, -0.05) is 6.42 Å². The van der Waals surface area contributed by atoms with Crippen LogP contribution in [-0.4, -0.2) is 46.1 Å². The van der Waals surface area contributed by atoms with E-state index in [1.807, 2.05) is 0 Å². The van der Waals surface area contributed by atoms with Crippen LogP contribution < -0.4 is 5.32 Å². The predicted molar refractivity (Wildman–Crippen MR) is 64.7 cm³/mol. The summed E-state index contributed by atoms with van der Waals surface area (Å²) in [7, 11) is 0. The first-order chi connectivity index (χ1) is 8.74. The van der Waals surface area contributed by atoms with Crippen molar-refractivity contribution in [2.75, 3.05) is 18.4 Å². The molecule has 0 aromatic carbocycles. The summed E-state index contributed by atoms with van der Waals surface area (Å²) in [6, 6.07) is 1.19.